The van der Waals surface area contributed by atoms with Gasteiger partial charge >= 0.3 is 0 Å². The summed E-state index contributed by atoms with van der Waals surface area (Å²) >= 11 is 3.42. The summed E-state index contributed by atoms with van der Waals surface area (Å²) in [7, 11) is 0. The second-order valence-electron chi connectivity index (χ2n) is 4.11. The predicted molar refractivity (Wildman–Crippen MR) is 69.2 cm³/mol. The van der Waals surface area contributed by atoms with Crippen molar-refractivity contribution in [2.24, 2.45) is 0 Å². The molecule has 2 rings (SSSR count). The van der Waals surface area contributed by atoms with Gasteiger partial charge in [0.2, 0.25) is 0 Å². The van der Waals surface area contributed by atoms with Gasteiger partial charge in [-0.3, -0.25) is 0 Å². The van der Waals surface area contributed by atoms with Crippen LogP contribution in [0, 0.1) is 0 Å². The van der Waals surface area contributed by atoms with Crippen molar-refractivity contribution in [2.45, 2.75) is 32.0 Å². The molecule has 4 heteroatoms. The minimum absolute atomic E-state index is 0.108. The first-order valence-corrected chi connectivity index (χ1v) is 6.73. The van der Waals surface area contributed by atoms with Crippen LogP contribution < -0.4 is 4.74 Å². The van der Waals surface area contributed by atoms with E-state index in [1.165, 1.54) is 0 Å². The molecule has 1 N–H and O–H groups in total. The minimum atomic E-state index is -0.614. The van der Waals surface area contributed by atoms with Crippen molar-refractivity contribution in [3.05, 3.63) is 28.2 Å². The van der Waals surface area contributed by atoms with Gasteiger partial charge in [-0.15, -0.1) is 0 Å². The van der Waals surface area contributed by atoms with E-state index < -0.39 is 6.10 Å². The van der Waals surface area contributed by atoms with Crippen molar-refractivity contribution in [1.29, 1.82) is 0 Å². The van der Waals surface area contributed by atoms with E-state index in [-0.39, 0.29) is 6.10 Å². The van der Waals surface area contributed by atoms with Gasteiger partial charge in [0.1, 0.15) is 11.9 Å². The predicted octanol–water partition coefficient (Wildman–Crippen LogP) is 3.06. The number of halogens is 1. The highest BCUT2D eigenvalue weighted by Gasteiger charge is 2.27. The van der Waals surface area contributed by atoms with Gasteiger partial charge in [0, 0.05) is 16.6 Å². The second-order valence-corrected chi connectivity index (χ2v) is 5.03. The molecular formula is C13H17BrO3. The van der Waals surface area contributed by atoms with Gasteiger partial charge in [0.05, 0.1) is 12.7 Å². The van der Waals surface area contributed by atoms with Crippen molar-refractivity contribution in [3.63, 3.8) is 0 Å². The van der Waals surface area contributed by atoms with Crippen LogP contribution >= 0.6 is 15.9 Å². The number of benzene rings is 1. The van der Waals surface area contributed by atoms with Gasteiger partial charge in [0.25, 0.3) is 0 Å². The lowest BCUT2D eigenvalue weighted by molar-refractivity contribution is -0.00385. The number of aliphatic hydroxyl groups is 1. The summed E-state index contributed by atoms with van der Waals surface area (Å²) in [6, 6.07) is 5.69. The second kappa shape index (κ2) is 5.85. The maximum absolute atomic E-state index is 10.3. The third kappa shape index (κ3) is 3.00. The molecule has 1 saturated heterocycles. The van der Waals surface area contributed by atoms with Crippen LogP contribution in [0.3, 0.4) is 0 Å². The largest absolute Gasteiger partial charge is 0.493 e. The van der Waals surface area contributed by atoms with Crippen LogP contribution in [-0.2, 0) is 4.74 Å². The van der Waals surface area contributed by atoms with Crippen LogP contribution in [0.1, 0.15) is 31.4 Å². The molecule has 1 fully saturated rings. The average Bonchev–Trinajstić information content (AvgIpc) is 2.84. The zero-order chi connectivity index (χ0) is 12.3. The SMILES string of the molecule is CCOc1ccc(Br)cc1C(O)C1CCCO1. The van der Waals surface area contributed by atoms with Crippen molar-refractivity contribution in [2.75, 3.05) is 13.2 Å². The quantitative estimate of drug-likeness (QED) is 0.929. The summed E-state index contributed by atoms with van der Waals surface area (Å²) in [6.45, 7) is 3.26. The van der Waals surface area contributed by atoms with Gasteiger partial charge in [-0.25, -0.2) is 0 Å². The molecule has 1 aromatic rings. The minimum Gasteiger partial charge on any atom is -0.493 e. The van der Waals surface area contributed by atoms with Crippen LogP contribution in [0.2, 0.25) is 0 Å². The van der Waals surface area contributed by atoms with Crippen LogP contribution in [0.5, 0.6) is 5.75 Å². The molecule has 0 aromatic heterocycles. The highest BCUT2D eigenvalue weighted by molar-refractivity contribution is 9.10. The molecular weight excluding hydrogens is 284 g/mol. The number of rotatable bonds is 4. The monoisotopic (exact) mass is 300 g/mol. The Hall–Kier alpha value is -0.580. The molecule has 1 heterocycles. The average molecular weight is 301 g/mol. The molecule has 2 atom stereocenters. The maximum atomic E-state index is 10.3. The normalized spacial score (nSPS) is 21.5. The highest BCUT2D eigenvalue weighted by Crippen LogP contribution is 2.34. The third-order valence-corrected chi connectivity index (χ3v) is 3.40. The van der Waals surface area contributed by atoms with E-state index in [9.17, 15) is 5.11 Å². The molecule has 1 aliphatic rings. The van der Waals surface area contributed by atoms with Crippen molar-refractivity contribution in [3.8, 4) is 5.75 Å². The molecule has 0 spiro atoms. The van der Waals surface area contributed by atoms with Crippen LogP contribution in [0.4, 0.5) is 0 Å². The standard InChI is InChI=1S/C13H17BrO3/c1-2-16-11-6-5-9(14)8-10(11)13(15)12-4-3-7-17-12/h5-6,8,12-13,15H,2-4,7H2,1H3. The Morgan fingerprint density at radius 3 is 3.06 bits per heavy atom. The van der Waals surface area contributed by atoms with Gasteiger partial charge < -0.3 is 14.6 Å². The maximum Gasteiger partial charge on any atom is 0.125 e. The van der Waals surface area contributed by atoms with Gasteiger partial charge in [0.15, 0.2) is 0 Å². The van der Waals surface area contributed by atoms with E-state index in [2.05, 4.69) is 15.9 Å². The molecule has 3 nitrogen and oxygen atoms in total. The van der Waals surface area contributed by atoms with Gasteiger partial charge in [-0.2, -0.15) is 0 Å². The molecule has 2 unspecified atom stereocenters. The first-order valence-electron chi connectivity index (χ1n) is 5.94. The Morgan fingerprint density at radius 1 is 1.59 bits per heavy atom. The fourth-order valence-electron chi connectivity index (χ4n) is 2.09. The number of hydrogen-bond donors (Lipinski definition) is 1. The summed E-state index contributed by atoms with van der Waals surface area (Å²) in [4.78, 5) is 0. The molecule has 0 radical (unpaired) electrons. The van der Waals surface area contributed by atoms with Crippen molar-refractivity contribution < 1.29 is 14.6 Å². The molecule has 1 aliphatic heterocycles. The molecule has 0 saturated carbocycles. The molecule has 0 aliphatic carbocycles. The Morgan fingerprint density at radius 2 is 2.41 bits per heavy atom. The van der Waals surface area contributed by atoms with E-state index >= 15 is 0 Å². The van der Waals surface area contributed by atoms with E-state index in [1.807, 2.05) is 25.1 Å². The summed E-state index contributed by atoms with van der Waals surface area (Å²) in [5.41, 5.74) is 0.799. The van der Waals surface area contributed by atoms with E-state index in [0.29, 0.717) is 6.61 Å². The molecule has 1 aromatic carbocycles. The number of ether oxygens (including phenoxy) is 2. The lowest BCUT2D eigenvalue weighted by Crippen LogP contribution is -2.18. The number of aliphatic hydroxyl groups excluding tert-OH is 1. The first-order chi connectivity index (χ1) is 8.22. The fourth-order valence-corrected chi connectivity index (χ4v) is 2.47. The lowest BCUT2D eigenvalue weighted by Gasteiger charge is -2.20. The summed E-state index contributed by atoms with van der Waals surface area (Å²) in [5.74, 6) is 0.735. The van der Waals surface area contributed by atoms with Crippen LogP contribution in [-0.4, -0.2) is 24.4 Å². The summed E-state index contributed by atoms with van der Waals surface area (Å²) < 4.78 is 12.0. The number of hydrogen-bond acceptors (Lipinski definition) is 3. The summed E-state index contributed by atoms with van der Waals surface area (Å²) in [6.07, 6.45) is 1.19. The molecule has 0 bridgehead atoms. The Balaban J connectivity index is 2.24. The van der Waals surface area contributed by atoms with Crippen molar-refractivity contribution in [1.82, 2.24) is 0 Å². The molecule has 17 heavy (non-hydrogen) atoms. The van der Waals surface area contributed by atoms with Gasteiger partial charge in [-0.1, -0.05) is 15.9 Å². The highest BCUT2D eigenvalue weighted by atomic mass is 79.9. The topological polar surface area (TPSA) is 38.7 Å². The van der Waals surface area contributed by atoms with E-state index in [1.54, 1.807) is 0 Å². The first kappa shape index (κ1) is 12.9. The molecule has 94 valence electrons. The van der Waals surface area contributed by atoms with Gasteiger partial charge in [-0.05, 0) is 38.0 Å². The lowest BCUT2D eigenvalue weighted by atomic mass is 10.0. The summed E-state index contributed by atoms with van der Waals surface area (Å²) in [5, 5.41) is 10.3. The van der Waals surface area contributed by atoms with E-state index in [0.717, 1.165) is 35.2 Å². The van der Waals surface area contributed by atoms with Crippen LogP contribution in [0.25, 0.3) is 0 Å². The smallest absolute Gasteiger partial charge is 0.125 e. The zero-order valence-corrected chi connectivity index (χ0v) is 11.4. The third-order valence-electron chi connectivity index (χ3n) is 2.91. The van der Waals surface area contributed by atoms with Crippen molar-refractivity contribution >= 4 is 15.9 Å². The Bertz CT molecular complexity index is 375. The Kier molecular flexibility index (Phi) is 4.42. The Labute approximate surface area is 110 Å². The zero-order valence-electron chi connectivity index (χ0n) is 9.86. The van der Waals surface area contributed by atoms with Crippen LogP contribution in [0.15, 0.2) is 22.7 Å². The van der Waals surface area contributed by atoms with E-state index in [4.69, 9.17) is 9.47 Å². The fraction of sp³-hybridized carbons (Fsp3) is 0.538. The molecule has 0 amide bonds.